The van der Waals surface area contributed by atoms with Gasteiger partial charge >= 0.3 is 5.97 Å². The van der Waals surface area contributed by atoms with Gasteiger partial charge < -0.3 is 20.3 Å². The first-order valence-electron chi connectivity index (χ1n) is 37.2. The lowest BCUT2D eigenvalue weighted by atomic mass is 10.0. The first-order chi connectivity index (χ1) is 40.5. The number of unbranched alkanes of at least 4 members (excludes halogenated alkanes) is 53. The Hall–Kier alpha value is -1.92. The molecule has 3 N–H and O–H groups in total. The summed E-state index contributed by atoms with van der Waals surface area (Å²) >= 11 is 0. The summed E-state index contributed by atoms with van der Waals surface area (Å²) in [4.78, 5) is 24.7. The molecule has 2 unspecified atom stereocenters. The molecule has 0 saturated carbocycles. The van der Waals surface area contributed by atoms with E-state index in [1.165, 1.54) is 327 Å². The van der Waals surface area contributed by atoms with Gasteiger partial charge in [0.1, 0.15) is 0 Å². The number of hydrogen-bond donors (Lipinski definition) is 3. The van der Waals surface area contributed by atoms with Crippen molar-refractivity contribution >= 4 is 11.9 Å². The summed E-state index contributed by atoms with van der Waals surface area (Å²) in [6.07, 6.45) is 92.0. The predicted octanol–water partition coefficient (Wildman–Crippen LogP) is 24.3. The smallest absolute Gasteiger partial charge is 0.305 e. The molecule has 0 aliphatic carbocycles. The maximum atomic E-state index is 12.6. The van der Waals surface area contributed by atoms with E-state index in [2.05, 4.69) is 55.6 Å². The summed E-state index contributed by atoms with van der Waals surface area (Å²) in [6.45, 7) is 4.96. The van der Waals surface area contributed by atoms with Crippen LogP contribution in [0.5, 0.6) is 0 Å². The van der Waals surface area contributed by atoms with Gasteiger partial charge in [-0.1, -0.05) is 352 Å². The fourth-order valence-corrected chi connectivity index (χ4v) is 11.7. The van der Waals surface area contributed by atoms with E-state index in [9.17, 15) is 19.8 Å². The Morgan fingerprint density at radius 3 is 0.963 bits per heavy atom. The number of rotatable bonds is 70. The highest BCUT2D eigenvalue weighted by Gasteiger charge is 2.20. The minimum absolute atomic E-state index is 0.00461. The number of carbonyl (C=O) groups excluding carboxylic acids is 2. The molecule has 0 aliphatic rings. The van der Waals surface area contributed by atoms with Crippen molar-refractivity contribution in [3.63, 3.8) is 0 Å². The van der Waals surface area contributed by atoms with Gasteiger partial charge in [-0.2, -0.15) is 0 Å². The number of aliphatic hydroxyl groups excluding tert-OH is 2. The number of amides is 1. The number of aliphatic hydroxyl groups is 2. The third-order valence-electron chi connectivity index (χ3n) is 17.4. The first kappa shape index (κ1) is 80.1. The van der Waals surface area contributed by atoms with Crippen molar-refractivity contribution < 1.29 is 24.5 Å². The van der Waals surface area contributed by atoms with Crippen LogP contribution < -0.4 is 5.32 Å². The average Bonchev–Trinajstić information content (AvgIpc) is 3.48. The van der Waals surface area contributed by atoms with E-state index in [4.69, 9.17) is 4.74 Å². The zero-order chi connectivity index (χ0) is 59.2. The second-order valence-corrected chi connectivity index (χ2v) is 25.6. The van der Waals surface area contributed by atoms with Crippen LogP contribution >= 0.6 is 0 Å². The summed E-state index contributed by atoms with van der Waals surface area (Å²) in [5.74, 6) is -0.0321. The van der Waals surface area contributed by atoms with Crippen molar-refractivity contribution in [1.29, 1.82) is 0 Å². The maximum Gasteiger partial charge on any atom is 0.305 e. The summed E-state index contributed by atoms with van der Waals surface area (Å²) in [5.41, 5.74) is 0. The number of esters is 1. The van der Waals surface area contributed by atoms with Crippen LogP contribution in [-0.4, -0.2) is 47.4 Å². The minimum atomic E-state index is -0.671. The molecule has 0 spiro atoms. The topological polar surface area (TPSA) is 95.9 Å². The Bertz CT molecular complexity index is 1330. The molecule has 0 aromatic rings. The molecular weight excluding hydrogens is 1010 g/mol. The molecule has 484 valence electrons. The number of carbonyl (C=O) groups is 2. The molecule has 6 nitrogen and oxygen atoms in total. The quantitative estimate of drug-likeness (QED) is 0.0320. The molecule has 0 radical (unpaired) electrons. The first-order valence-corrected chi connectivity index (χ1v) is 37.2. The van der Waals surface area contributed by atoms with Crippen molar-refractivity contribution in [1.82, 2.24) is 5.32 Å². The summed E-state index contributed by atoms with van der Waals surface area (Å²) in [6, 6.07) is -0.548. The minimum Gasteiger partial charge on any atom is -0.466 e. The van der Waals surface area contributed by atoms with Gasteiger partial charge in [0.25, 0.3) is 0 Å². The van der Waals surface area contributed by atoms with Gasteiger partial charge in [-0.15, -0.1) is 0 Å². The Labute approximate surface area is 513 Å². The lowest BCUT2D eigenvalue weighted by Crippen LogP contribution is -2.45. The van der Waals surface area contributed by atoms with Gasteiger partial charge in [0.05, 0.1) is 25.4 Å². The van der Waals surface area contributed by atoms with Gasteiger partial charge in [0.2, 0.25) is 5.91 Å². The zero-order valence-corrected chi connectivity index (χ0v) is 55.5. The maximum absolute atomic E-state index is 12.6. The molecule has 0 aromatic heterocycles. The summed E-state index contributed by atoms with van der Waals surface area (Å²) in [5, 5.41) is 23.5. The van der Waals surface area contributed by atoms with Gasteiger partial charge in [-0.3, -0.25) is 9.59 Å². The van der Waals surface area contributed by atoms with Crippen molar-refractivity contribution in [2.24, 2.45) is 0 Å². The second kappa shape index (κ2) is 71.6. The van der Waals surface area contributed by atoms with E-state index in [-0.39, 0.29) is 18.5 Å². The number of nitrogens with one attached hydrogen (secondary N) is 1. The second-order valence-electron chi connectivity index (χ2n) is 25.6. The largest absolute Gasteiger partial charge is 0.466 e. The third kappa shape index (κ3) is 67.2. The van der Waals surface area contributed by atoms with Crippen LogP contribution in [-0.2, 0) is 14.3 Å². The standard InChI is InChI=1S/C76H145NO5/c1-3-5-7-9-11-13-15-17-19-21-22-23-24-25-27-30-33-37-40-44-48-52-56-60-64-68-74(79)73(72-78)77-75(80)69-65-61-57-53-49-45-41-38-34-31-28-26-29-32-35-39-43-47-51-55-59-63-67-71-82-76(81)70-66-62-58-54-50-46-42-36-20-18-16-14-12-10-8-6-4-2/h12,14,18,20,31,34,73-74,78-79H,3-11,13,15-17,19,21-30,32-33,35-72H2,1-2H3,(H,77,80)/b14-12-,20-18-,34-31-. The SMILES string of the molecule is CCCCC/C=C\C/C=C\CCCCCCCCCC(=O)OCCCCCCCCCCCCCC/C=C\CCCCCCCCCC(=O)NC(CO)C(O)CCCCCCCCCCCCCCCCCCCCCCCCCCC. The van der Waals surface area contributed by atoms with Gasteiger partial charge in [0.15, 0.2) is 0 Å². The van der Waals surface area contributed by atoms with Crippen molar-refractivity contribution in [2.75, 3.05) is 13.2 Å². The molecule has 82 heavy (non-hydrogen) atoms. The predicted molar refractivity (Wildman–Crippen MR) is 361 cm³/mol. The molecule has 0 rings (SSSR count). The molecule has 1 amide bonds. The van der Waals surface area contributed by atoms with E-state index in [0.29, 0.717) is 25.9 Å². The van der Waals surface area contributed by atoms with Gasteiger partial charge in [-0.05, 0) is 83.5 Å². The van der Waals surface area contributed by atoms with E-state index in [0.717, 1.165) is 51.4 Å². The average molecular weight is 1150 g/mol. The van der Waals surface area contributed by atoms with E-state index in [1.807, 2.05) is 0 Å². The fraction of sp³-hybridized carbons (Fsp3) is 0.895. The van der Waals surface area contributed by atoms with Crippen LogP contribution in [0.1, 0.15) is 412 Å². The molecule has 0 fully saturated rings. The fourth-order valence-electron chi connectivity index (χ4n) is 11.7. The Kier molecular flexibility index (Phi) is 69.9. The number of ether oxygens (including phenoxy) is 1. The van der Waals surface area contributed by atoms with Crippen LogP contribution in [0.3, 0.4) is 0 Å². The van der Waals surface area contributed by atoms with E-state index >= 15 is 0 Å². The van der Waals surface area contributed by atoms with E-state index in [1.54, 1.807) is 0 Å². The summed E-state index contributed by atoms with van der Waals surface area (Å²) in [7, 11) is 0. The molecule has 2 atom stereocenters. The zero-order valence-electron chi connectivity index (χ0n) is 55.5. The highest BCUT2D eigenvalue weighted by molar-refractivity contribution is 5.76. The number of hydrogen-bond acceptors (Lipinski definition) is 5. The highest BCUT2D eigenvalue weighted by Crippen LogP contribution is 2.19. The van der Waals surface area contributed by atoms with Crippen LogP contribution in [0.4, 0.5) is 0 Å². The molecule has 0 bridgehead atoms. The number of allylic oxidation sites excluding steroid dienone is 6. The highest BCUT2D eigenvalue weighted by atomic mass is 16.5. The monoisotopic (exact) mass is 1150 g/mol. The Morgan fingerprint density at radius 2 is 0.610 bits per heavy atom. The molecular formula is C76H145NO5. The molecule has 0 aromatic carbocycles. The lowest BCUT2D eigenvalue weighted by molar-refractivity contribution is -0.143. The van der Waals surface area contributed by atoms with E-state index < -0.39 is 12.1 Å². The molecule has 0 saturated heterocycles. The van der Waals surface area contributed by atoms with Crippen molar-refractivity contribution in [3.8, 4) is 0 Å². The molecule has 0 heterocycles. The van der Waals surface area contributed by atoms with Crippen LogP contribution in [0.15, 0.2) is 36.5 Å². The lowest BCUT2D eigenvalue weighted by Gasteiger charge is -2.22. The van der Waals surface area contributed by atoms with Crippen molar-refractivity contribution in [2.45, 2.75) is 424 Å². The van der Waals surface area contributed by atoms with Crippen LogP contribution in [0, 0.1) is 0 Å². The Balaban J connectivity index is 3.41. The van der Waals surface area contributed by atoms with Crippen LogP contribution in [0.25, 0.3) is 0 Å². The summed E-state index contributed by atoms with van der Waals surface area (Å²) < 4.78 is 5.50. The van der Waals surface area contributed by atoms with Gasteiger partial charge in [0, 0.05) is 12.8 Å². The van der Waals surface area contributed by atoms with Gasteiger partial charge in [-0.25, -0.2) is 0 Å². The van der Waals surface area contributed by atoms with Crippen molar-refractivity contribution in [3.05, 3.63) is 36.5 Å². The molecule has 0 aliphatic heterocycles. The Morgan fingerprint density at radius 1 is 0.341 bits per heavy atom. The third-order valence-corrected chi connectivity index (χ3v) is 17.4. The normalized spacial score (nSPS) is 12.7. The molecule has 6 heteroatoms. The van der Waals surface area contributed by atoms with Crippen LogP contribution in [0.2, 0.25) is 0 Å².